The van der Waals surface area contributed by atoms with E-state index in [1.165, 1.54) is 36.5 Å². The summed E-state index contributed by atoms with van der Waals surface area (Å²) in [5.41, 5.74) is 0.684. The average Bonchev–Trinajstić information content (AvgIpc) is 2.44. The van der Waals surface area contributed by atoms with Crippen molar-refractivity contribution in [1.82, 2.24) is 0 Å². The van der Waals surface area contributed by atoms with Crippen molar-refractivity contribution in [1.29, 1.82) is 0 Å². The number of halogens is 4. The molecule has 0 aliphatic carbocycles. The first kappa shape index (κ1) is 15.8. The SMILES string of the molecule is Fc1ccccc1C=NOCc1cccc(OC(F)(F)F)c1. The molecule has 0 heterocycles. The Morgan fingerprint density at radius 1 is 1.05 bits per heavy atom. The molecule has 0 N–H and O–H groups in total. The minimum Gasteiger partial charge on any atom is -0.406 e. The van der Waals surface area contributed by atoms with Gasteiger partial charge in [0.05, 0.1) is 6.21 Å². The Morgan fingerprint density at radius 3 is 2.55 bits per heavy atom. The molecular weight excluding hydrogens is 302 g/mol. The lowest BCUT2D eigenvalue weighted by Crippen LogP contribution is -2.17. The van der Waals surface area contributed by atoms with E-state index in [9.17, 15) is 17.6 Å². The molecule has 0 unspecified atom stereocenters. The van der Waals surface area contributed by atoms with Crippen molar-refractivity contribution in [3.05, 3.63) is 65.5 Å². The Hall–Kier alpha value is -2.57. The van der Waals surface area contributed by atoms with Crippen LogP contribution in [0.25, 0.3) is 0 Å². The quantitative estimate of drug-likeness (QED) is 0.469. The molecule has 0 aromatic heterocycles. The standard InChI is InChI=1S/C15H11F4NO2/c16-14-7-2-1-5-12(14)9-20-21-10-11-4-3-6-13(8-11)22-15(17,18)19/h1-9H,10H2. The topological polar surface area (TPSA) is 30.8 Å². The summed E-state index contributed by atoms with van der Waals surface area (Å²) < 4.78 is 53.3. The van der Waals surface area contributed by atoms with Gasteiger partial charge in [-0.25, -0.2) is 4.39 Å². The highest BCUT2D eigenvalue weighted by molar-refractivity contribution is 5.79. The van der Waals surface area contributed by atoms with Gasteiger partial charge < -0.3 is 9.57 Å². The number of benzene rings is 2. The summed E-state index contributed by atoms with van der Waals surface area (Å²) >= 11 is 0. The maximum Gasteiger partial charge on any atom is 0.573 e. The molecule has 3 nitrogen and oxygen atoms in total. The van der Waals surface area contributed by atoms with Gasteiger partial charge in [-0.2, -0.15) is 0 Å². The third kappa shape index (κ3) is 5.08. The van der Waals surface area contributed by atoms with Gasteiger partial charge in [-0.15, -0.1) is 13.2 Å². The van der Waals surface area contributed by atoms with Gasteiger partial charge in [0.2, 0.25) is 0 Å². The second-order valence-electron chi connectivity index (χ2n) is 4.22. The Bertz CT molecular complexity index is 656. The van der Waals surface area contributed by atoms with E-state index in [1.807, 2.05) is 0 Å². The Balaban J connectivity index is 1.92. The molecule has 0 saturated carbocycles. The number of alkyl halides is 3. The van der Waals surface area contributed by atoms with Crippen LogP contribution >= 0.6 is 0 Å². The molecule has 7 heteroatoms. The fraction of sp³-hybridized carbons (Fsp3) is 0.133. The normalized spacial score (nSPS) is 11.6. The number of ether oxygens (including phenoxy) is 1. The van der Waals surface area contributed by atoms with Gasteiger partial charge in [0.1, 0.15) is 18.2 Å². The van der Waals surface area contributed by atoms with Gasteiger partial charge in [-0.1, -0.05) is 35.5 Å². The lowest BCUT2D eigenvalue weighted by Gasteiger charge is -2.09. The molecule has 0 atom stereocenters. The first-order valence-electron chi connectivity index (χ1n) is 6.18. The molecule has 0 bridgehead atoms. The summed E-state index contributed by atoms with van der Waals surface area (Å²) in [6.45, 7) is -0.0694. The third-order valence-corrected chi connectivity index (χ3v) is 2.53. The van der Waals surface area contributed by atoms with E-state index >= 15 is 0 Å². The van der Waals surface area contributed by atoms with Gasteiger partial charge in [0, 0.05) is 5.56 Å². The molecule has 2 aromatic carbocycles. The van der Waals surface area contributed by atoms with E-state index in [1.54, 1.807) is 18.2 Å². The third-order valence-electron chi connectivity index (χ3n) is 2.53. The fourth-order valence-electron chi connectivity index (χ4n) is 1.62. The van der Waals surface area contributed by atoms with Crippen molar-refractivity contribution in [2.75, 3.05) is 0 Å². The summed E-state index contributed by atoms with van der Waals surface area (Å²) in [5, 5.41) is 3.57. The monoisotopic (exact) mass is 313 g/mol. The Kier molecular flexibility index (Phi) is 4.98. The molecule has 0 radical (unpaired) electrons. The molecule has 0 aliphatic rings. The largest absolute Gasteiger partial charge is 0.573 e. The first-order valence-corrected chi connectivity index (χ1v) is 6.18. The maximum atomic E-state index is 13.3. The van der Waals surface area contributed by atoms with E-state index in [0.29, 0.717) is 5.56 Å². The van der Waals surface area contributed by atoms with Crippen LogP contribution in [-0.2, 0) is 11.4 Å². The summed E-state index contributed by atoms with van der Waals surface area (Å²) in [4.78, 5) is 4.93. The van der Waals surface area contributed by atoms with Crippen molar-refractivity contribution in [3.8, 4) is 5.75 Å². The van der Waals surface area contributed by atoms with Gasteiger partial charge in [0.25, 0.3) is 0 Å². The summed E-state index contributed by atoms with van der Waals surface area (Å²) in [6.07, 6.45) is -3.56. The van der Waals surface area contributed by atoms with E-state index in [4.69, 9.17) is 4.84 Å². The Labute approximate surface area is 123 Å². The van der Waals surface area contributed by atoms with Crippen LogP contribution in [0.1, 0.15) is 11.1 Å². The van der Waals surface area contributed by atoms with Crippen LogP contribution in [0, 0.1) is 5.82 Å². The van der Waals surface area contributed by atoms with Crippen molar-refractivity contribution in [2.45, 2.75) is 13.0 Å². The molecule has 0 spiro atoms. The van der Waals surface area contributed by atoms with E-state index < -0.39 is 12.2 Å². The number of oxime groups is 1. The summed E-state index contributed by atoms with van der Waals surface area (Å²) in [6, 6.07) is 11.3. The average molecular weight is 313 g/mol. The van der Waals surface area contributed by atoms with Crippen LogP contribution in [-0.4, -0.2) is 12.6 Å². The van der Waals surface area contributed by atoms with E-state index in [-0.39, 0.29) is 17.9 Å². The number of hydrogen-bond acceptors (Lipinski definition) is 3. The van der Waals surface area contributed by atoms with Crippen LogP contribution in [0.3, 0.4) is 0 Å². The van der Waals surface area contributed by atoms with Crippen molar-refractivity contribution in [3.63, 3.8) is 0 Å². The lowest BCUT2D eigenvalue weighted by molar-refractivity contribution is -0.274. The molecule has 116 valence electrons. The van der Waals surface area contributed by atoms with E-state index in [2.05, 4.69) is 9.89 Å². The van der Waals surface area contributed by atoms with Crippen molar-refractivity contribution >= 4 is 6.21 Å². The van der Waals surface area contributed by atoms with Crippen LogP contribution in [0.15, 0.2) is 53.7 Å². The summed E-state index contributed by atoms with van der Waals surface area (Å²) in [7, 11) is 0. The molecule has 2 aromatic rings. The summed E-state index contributed by atoms with van der Waals surface area (Å²) in [5.74, 6) is -0.790. The van der Waals surface area contributed by atoms with Gasteiger partial charge in [-0.3, -0.25) is 0 Å². The molecule has 0 aliphatic heterocycles. The minimum absolute atomic E-state index is 0.0694. The zero-order chi connectivity index (χ0) is 16.0. The highest BCUT2D eigenvalue weighted by Crippen LogP contribution is 2.23. The van der Waals surface area contributed by atoms with Crippen molar-refractivity contribution < 1.29 is 27.1 Å². The van der Waals surface area contributed by atoms with Gasteiger partial charge in [0.15, 0.2) is 0 Å². The predicted octanol–water partition coefficient (Wildman–Crippen LogP) is 4.28. The predicted molar refractivity (Wildman–Crippen MR) is 71.9 cm³/mol. The van der Waals surface area contributed by atoms with Gasteiger partial charge >= 0.3 is 6.36 Å². The van der Waals surface area contributed by atoms with E-state index in [0.717, 1.165) is 0 Å². The minimum atomic E-state index is -4.75. The zero-order valence-electron chi connectivity index (χ0n) is 11.2. The van der Waals surface area contributed by atoms with Crippen LogP contribution in [0.4, 0.5) is 17.6 Å². The molecule has 0 amide bonds. The molecular formula is C15H11F4NO2. The fourth-order valence-corrected chi connectivity index (χ4v) is 1.62. The maximum absolute atomic E-state index is 13.3. The van der Waals surface area contributed by atoms with Crippen molar-refractivity contribution in [2.24, 2.45) is 5.16 Å². The van der Waals surface area contributed by atoms with Crippen LogP contribution in [0.2, 0.25) is 0 Å². The Morgan fingerprint density at radius 2 is 1.82 bits per heavy atom. The molecule has 0 saturated heterocycles. The first-order chi connectivity index (χ1) is 10.4. The molecule has 2 rings (SSSR count). The second kappa shape index (κ2) is 6.93. The smallest absolute Gasteiger partial charge is 0.406 e. The second-order valence-corrected chi connectivity index (χ2v) is 4.22. The molecule has 0 fully saturated rings. The number of hydrogen-bond donors (Lipinski definition) is 0. The highest BCUT2D eigenvalue weighted by atomic mass is 19.4. The number of rotatable bonds is 5. The highest BCUT2D eigenvalue weighted by Gasteiger charge is 2.31. The molecule has 22 heavy (non-hydrogen) atoms. The number of nitrogens with zero attached hydrogens (tertiary/aromatic N) is 1. The van der Waals surface area contributed by atoms with Crippen LogP contribution in [0.5, 0.6) is 5.75 Å². The van der Waals surface area contributed by atoms with Gasteiger partial charge in [-0.05, 0) is 23.8 Å². The lowest BCUT2D eigenvalue weighted by atomic mass is 10.2. The zero-order valence-corrected chi connectivity index (χ0v) is 11.2. The van der Waals surface area contributed by atoms with Crippen LogP contribution < -0.4 is 4.74 Å².